The Bertz CT molecular complexity index is 2030. The number of hydrogen-bond donors (Lipinski definition) is 2. The van der Waals surface area contributed by atoms with E-state index in [1.165, 1.54) is 34.6 Å². The third-order valence-electron chi connectivity index (χ3n) is 14.6. The average molecular weight is 1120 g/mol. The molecule has 0 aliphatic carbocycles. The Morgan fingerprint density at radius 2 is 1.23 bits per heavy atom. The molecule has 1 fully saturated rings. The van der Waals surface area contributed by atoms with Gasteiger partial charge >= 0.3 is 35.8 Å². The molecule has 1 heterocycles. The number of methoxy groups -OCH3 is 1. The monoisotopic (exact) mass is 1120 g/mol. The highest BCUT2D eigenvalue weighted by Gasteiger charge is 2.48. The number of esters is 6. The molecule has 1 aliphatic heterocycles. The second-order valence-electron chi connectivity index (χ2n) is 21.9. The van der Waals surface area contributed by atoms with E-state index < -0.39 is 89.6 Å². The van der Waals surface area contributed by atoms with E-state index in [-0.39, 0.29) is 73.7 Å². The molecular weight excluding hydrogens is 1020 g/mol. The number of aliphatic hydroxyl groups excluding tert-OH is 1. The lowest BCUT2D eigenvalue weighted by atomic mass is 9.82. The maximum atomic E-state index is 13.5. The van der Waals surface area contributed by atoms with Gasteiger partial charge in [-0.1, -0.05) is 92.9 Å². The summed E-state index contributed by atoms with van der Waals surface area (Å²) < 4.78 is 47.3. The number of hydrogen-bond acceptors (Lipinski definition) is 18. The van der Waals surface area contributed by atoms with Gasteiger partial charge in [0.05, 0.1) is 18.1 Å². The second kappa shape index (κ2) is 38.0. The van der Waals surface area contributed by atoms with Gasteiger partial charge in [-0.25, -0.2) is 0 Å². The molecule has 454 valence electrons. The van der Waals surface area contributed by atoms with Gasteiger partial charge in [-0.15, -0.1) is 0 Å². The van der Waals surface area contributed by atoms with Crippen molar-refractivity contribution < 1.29 is 81.4 Å². The molecule has 0 radical (unpaired) electrons. The summed E-state index contributed by atoms with van der Waals surface area (Å²) in [5.74, 6) is -6.32. The van der Waals surface area contributed by atoms with Crippen LogP contribution in [-0.2, 0) is 76.3 Å². The van der Waals surface area contributed by atoms with E-state index in [1.807, 2.05) is 46.8 Å². The first-order chi connectivity index (χ1) is 36.8. The van der Waals surface area contributed by atoms with E-state index in [0.717, 1.165) is 43.8 Å². The van der Waals surface area contributed by atoms with Crippen LogP contribution in [0.1, 0.15) is 202 Å². The van der Waals surface area contributed by atoms with E-state index in [4.69, 9.17) is 48.7 Å². The summed E-state index contributed by atoms with van der Waals surface area (Å²) in [6, 6.07) is 0. The van der Waals surface area contributed by atoms with Gasteiger partial charge in [0.1, 0.15) is 36.6 Å². The predicted molar refractivity (Wildman–Crippen MR) is 302 cm³/mol. The molecule has 79 heavy (non-hydrogen) atoms. The number of ketones is 2. The van der Waals surface area contributed by atoms with E-state index >= 15 is 0 Å². The lowest BCUT2D eigenvalue weighted by Gasteiger charge is -2.43. The van der Waals surface area contributed by atoms with Gasteiger partial charge in [-0.05, 0) is 88.4 Å². The first-order valence-corrected chi connectivity index (χ1v) is 28.6. The maximum Gasteiger partial charge on any atom is 0.309 e. The van der Waals surface area contributed by atoms with Crippen molar-refractivity contribution in [3.05, 3.63) is 34.9 Å². The van der Waals surface area contributed by atoms with Gasteiger partial charge in [-0.3, -0.25) is 44.1 Å². The third kappa shape index (κ3) is 28.0. The lowest BCUT2D eigenvalue weighted by molar-refractivity contribution is -0.188. The van der Waals surface area contributed by atoms with Crippen LogP contribution in [0.4, 0.5) is 0 Å². The van der Waals surface area contributed by atoms with Crippen LogP contribution in [0.3, 0.4) is 0 Å². The molecule has 15 atom stereocenters. The Kier molecular flexibility index (Phi) is 35.7. The van der Waals surface area contributed by atoms with Crippen LogP contribution in [0.5, 0.6) is 0 Å². The van der Waals surface area contributed by atoms with Crippen LogP contribution in [0.15, 0.2) is 34.9 Å². The van der Waals surface area contributed by atoms with Crippen molar-refractivity contribution >= 4 is 47.4 Å². The summed E-state index contributed by atoms with van der Waals surface area (Å²) in [6.45, 7) is 30.7. The van der Waals surface area contributed by atoms with Crippen LogP contribution >= 0.6 is 0 Å². The topological polar surface area (TPSA) is 257 Å². The zero-order valence-corrected chi connectivity index (χ0v) is 51.6. The Hall–Kier alpha value is -4.78. The summed E-state index contributed by atoms with van der Waals surface area (Å²) in [7, 11) is 1.67. The fourth-order valence-electron chi connectivity index (χ4n) is 10.2. The van der Waals surface area contributed by atoms with Crippen molar-refractivity contribution in [2.75, 3.05) is 13.7 Å². The molecule has 0 bridgehead atoms. The van der Waals surface area contributed by atoms with Crippen LogP contribution < -0.4 is 5.73 Å². The number of carbonyl (C=O) groups is 8. The van der Waals surface area contributed by atoms with Crippen molar-refractivity contribution in [2.24, 2.45) is 41.2 Å². The highest BCUT2D eigenvalue weighted by molar-refractivity contribution is 6.39. The van der Waals surface area contributed by atoms with Crippen molar-refractivity contribution in [1.82, 2.24) is 0 Å². The van der Waals surface area contributed by atoms with E-state index in [0.29, 0.717) is 37.7 Å². The first kappa shape index (κ1) is 74.2. The molecule has 0 aromatic heterocycles. The van der Waals surface area contributed by atoms with Crippen molar-refractivity contribution in [3.63, 3.8) is 0 Å². The summed E-state index contributed by atoms with van der Waals surface area (Å²) >= 11 is 0. The molecule has 0 aromatic rings. The Morgan fingerprint density at radius 1 is 0.684 bits per heavy atom. The molecule has 0 spiro atoms. The molecule has 18 heteroatoms. The van der Waals surface area contributed by atoms with Gasteiger partial charge in [-0.2, -0.15) is 0 Å². The molecule has 15 unspecified atom stereocenters. The number of aliphatic hydroxyl groups is 1. The zero-order valence-electron chi connectivity index (χ0n) is 51.6. The minimum atomic E-state index is -1.87. The molecule has 1 saturated heterocycles. The zero-order chi connectivity index (χ0) is 60.9. The fourth-order valence-corrected chi connectivity index (χ4v) is 10.2. The van der Waals surface area contributed by atoms with Crippen LogP contribution in [0, 0.1) is 35.5 Å². The van der Waals surface area contributed by atoms with Gasteiger partial charge in [0, 0.05) is 98.7 Å². The van der Waals surface area contributed by atoms with E-state index in [2.05, 4.69) is 33.8 Å². The molecule has 0 amide bonds. The third-order valence-corrected chi connectivity index (χ3v) is 14.6. The molecular formula is C61H103NO17. The number of nitrogens with two attached hydrogens (primary N) is 1. The molecule has 0 saturated carbocycles. The van der Waals surface area contributed by atoms with Crippen molar-refractivity contribution in [2.45, 2.75) is 256 Å². The molecule has 1 rings (SSSR count). The smallest absolute Gasteiger partial charge is 0.309 e. The SMILES string of the molecule is CCCCCC(C)C(=O)OC(C/C=C(\CC)C(OC)C(C)CC(C)/C=C(\C)C(CC(CC(OC(C)=O)C(C)C(CC1CCC(C)C(N)(C(=O)C(C)=O)O1)OC(C)=O)OC(C)=O)OC(C)=O)/C(C)=C/C(C)C(C)OC(C)=O.CCO. The fraction of sp³-hybridized carbons (Fsp3) is 0.770. The van der Waals surface area contributed by atoms with Gasteiger partial charge in [0.25, 0.3) is 0 Å². The Balaban J connectivity index is 0.0000198. The molecule has 18 nitrogen and oxygen atoms in total. The molecule has 3 N–H and O–H groups in total. The van der Waals surface area contributed by atoms with Crippen LogP contribution in [0.25, 0.3) is 0 Å². The summed E-state index contributed by atoms with van der Waals surface area (Å²) in [5, 5.41) is 7.57. The van der Waals surface area contributed by atoms with Gasteiger partial charge in [0.15, 0.2) is 11.5 Å². The second-order valence-corrected chi connectivity index (χ2v) is 21.9. The number of Topliss-reactive ketones (excluding diaryl/α,β-unsaturated/α-hetero) is 2. The van der Waals surface area contributed by atoms with Crippen LogP contribution in [-0.4, -0.2) is 121 Å². The maximum absolute atomic E-state index is 13.5. The number of ether oxygens (including phenoxy) is 8. The minimum Gasteiger partial charge on any atom is -0.462 e. The number of carbonyl (C=O) groups excluding carboxylic acids is 8. The number of rotatable bonds is 34. The average Bonchev–Trinajstić information content (AvgIpc) is 3.33. The highest BCUT2D eigenvalue weighted by atomic mass is 16.6. The number of unbranched alkanes of at least 4 members (excludes halogenated alkanes) is 2. The van der Waals surface area contributed by atoms with Gasteiger partial charge < -0.3 is 43.0 Å². The predicted octanol–water partition coefficient (Wildman–Crippen LogP) is 10.2. The van der Waals surface area contributed by atoms with Gasteiger partial charge in [0.2, 0.25) is 5.78 Å². The van der Waals surface area contributed by atoms with Crippen molar-refractivity contribution in [3.8, 4) is 0 Å². The minimum absolute atomic E-state index is 0.000933. The Morgan fingerprint density at radius 3 is 1.73 bits per heavy atom. The van der Waals surface area contributed by atoms with E-state index in [1.54, 1.807) is 27.9 Å². The van der Waals surface area contributed by atoms with Crippen LogP contribution in [0.2, 0.25) is 0 Å². The summed E-state index contributed by atoms with van der Waals surface area (Å²) in [6.07, 6.45) is 6.84. The van der Waals surface area contributed by atoms with Crippen molar-refractivity contribution in [1.29, 1.82) is 0 Å². The molecule has 1 aliphatic rings. The summed E-state index contributed by atoms with van der Waals surface area (Å²) in [4.78, 5) is 101. The Labute approximate surface area is 473 Å². The normalized spacial score (nSPS) is 21.5. The first-order valence-electron chi connectivity index (χ1n) is 28.6. The molecule has 0 aromatic carbocycles. The number of allylic oxidation sites excluding steroid dienone is 1. The largest absolute Gasteiger partial charge is 0.462 e. The quantitative estimate of drug-likeness (QED) is 0.0200. The summed E-state index contributed by atoms with van der Waals surface area (Å²) in [5.41, 5.74) is 7.15. The highest BCUT2D eigenvalue weighted by Crippen LogP contribution is 2.36. The standard InChI is InChI=1S/C59H97NO16.C2H6O/c1-19-21-22-23-35(4)58(68)75-52(38(7)30-36(5)43(12)70-44(13)62)27-25-49(20-2)56(69-18)39(8)29-34(3)28-37(6)53(72-46(15)64)32-51(71-45(14)63)33-55(74-48(17)66)41(10)54(73-47(16)65)31-50-26-24-40(9)59(60,76-50)57(67)42(11)61;1-2-3/h25,28,30,34-36,39-41,43,50-56H,19-24,26-27,29,31-33,60H2,1-18H3;3H,2H2,1H3/b37-28+,38-30+,49-25+;. The lowest BCUT2D eigenvalue weighted by Crippen LogP contribution is -2.61. The van der Waals surface area contributed by atoms with E-state index in [9.17, 15) is 38.4 Å².